The van der Waals surface area contributed by atoms with Gasteiger partial charge >= 0.3 is 0 Å². The van der Waals surface area contributed by atoms with Crippen molar-refractivity contribution in [1.82, 2.24) is 0 Å². The van der Waals surface area contributed by atoms with Gasteiger partial charge in [0, 0.05) is 5.56 Å². The SMILES string of the molecule is O=Cc1cccc2cc3[c]cccc3cc12. The van der Waals surface area contributed by atoms with Gasteiger partial charge in [0.05, 0.1) is 0 Å². The van der Waals surface area contributed by atoms with Crippen LogP contribution >= 0.6 is 0 Å². The highest BCUT2D eigenvalue weighted by molar-refractivity contribution is 6.04. The topological polar surface area (TPSA) is 17.1 Å². The Labute approximate surface area is 93.3 Å². The zero-order valence-corrected chi connectivity index (χ0v) is 8.60. The van der Waals surface area contributed by atoms with Gasteiger partial charge in [-0.2, -0.15) is 0 Å². The number of rotatable bonds is 1. The van der Waals surface area contributed by atoms with Crippen molar-refractivity contribution in [1.29, 1.82) is 0 Å². The summed E-state index contributed by atoms with van der Waals surface area (Å²) in [5.74, 6) is 0. The van der Waals surface area contributed by atoms with Gasteiger partial charge in [0.1, 0.15) is 0 Å². The van der Waals surface area contributed by atoms with Crippen LogP contribution in [0.2, 0.25) is 0 Å². The molecule has 1 radical (unpaired) electrons. The average molecular weight is 205 g/mol. The summed E-state index contributed by atoms with van der Waals surface area (Å²) >= 11 is 0. The standard InChI is InChI=1S/C15H9O/c16-10-14-7-3-6-13-8-11-4-1-2-5-12(11)9-15(13)14/h1-3,5-10H. The molecule has 3 aromatic carbocycles. The van der Waals surface area contributed by atoms with Crippen molar-refractivity contribution in [3.63, 3.8) is 0 Å². The predicted octanol–water partition coefficient (Wildman–Crippen LogP) is 3.61. The third-order valence-corrected chi connectivity index (χ3v) is 2.82. The van der Waals surface area contributed by atoms with Crippen molar-refractivity contribution < 1.29 is 4.79 Å². The van der Waals surface area contributed by atoms with Crippen LogP contribution in [0.15, 0.2) is 48.5 Å². The van der Waals surface area contributed by atoms with Gasteiger partial charge in [0.2, 0.25) is 0 Å². The van der Waals surface area contributed by atoms with E-state index in [2.05, 4.69) is 12.1 Å². The van der Waals surface area contributed by atoms with Crippen LogP contribution in [0.5, 0.6) is 0 Å². The summed E-state index contributed by atoms with van der Waals surface area (Å²) < 4.78 is 0. The van der Waals surface area contributed by atoms with Crippen molar-refractivity contribution in [2.24, 2.45) is 0 Å². The third kappa shape index (κ3) is 1.29. The number of benzene rings is 3. The highest BCUT2D eigenvalue weighted by Gasteiger charge is 2.01. The molecule has 75 valence electrons. The maximum atomic E-state index is 10.9. The molecule has 0 amide bonds. The predicted molar refractivity (Wildman–Crippen MR) is 65.7 cm³/mol. The van der Waals surface area contributed by atoms with Crippen LogP contribution in [0.1, 0.15) is 10.4 Å². The molecule has 16 heavy (non-hydrogen) atoms. The largest absolute Gasteiger partial charge is 0.298 e. The minimum Gasteiger partial charge on any atom is -0.298 e. The monoisotopic (exact) mass is 205 g/mol. The fourth-order valence-corrected chi connectivity index (χ4v) is 2.02. The summed E-state index contributed by atoms with van der Waals surface area (Å²) in [5, 5.41) is 4.28. The van der Waals surface area contributed by atoms with Crippen LogP contribution in [0.4, 0.5) is 0 Å². The summed E-state index contributed by atoms with van der Waals surface area (Å²) in [6.07, 6.45) is 0.904. The van der Waals surface area contributed by atoms with Gasteiger partial charge < -0.3 is 0 Å². The lowest BCUT2D eigenvalue weighted by atomic mass is 10.0. The van der Waals surface area contributed by atoms with Crippen molar-refractivity contribution in [3.05, 3.63) is 60.2 Å². The fraction of sp³-hybridized carbons (Fsp3) is 0. The molecular weight excluding hydrogens is 196 g/mol. The third-order valence-electron chi connectivity index (χ3n) is 2.82. The Morgan fingerprint density at radius 3 is 2.75 bits per heavy atom. The van der Waals surface area contributed by atoms with Crippen LogP contribution in [-0.2, 0) is 0 Å². The van der Waals surface area contributed by atoms with Crippen LogP contribution < -0.4 is 0 Å². The molecule has 0 aliphatic carbocycles. The molecule has 0 saturated carbocycles. The summed E-state index contributed by atoms with van der Waals surface area (Å²) in [6.45, 7) is 0. The molecule has 0 aliphatic rings. The Balaban J connectivity index is 2.51. The van der Waals surface area contributed by atoms with E-state index in [4.69, 9.17) is 0 Å². The molecule has 0 saturated heterocycles. The molecule has 3 rings (SSSR count). The number of hydrogen-bond acceptors (Lipinski definition) is 1. The number of fused-ring (bicyclic) bond motifs is 2. The minimum absolute atomic E-state index is 0.739. The lowest BCUT2D eigenvalue weighted by Gasteiger charge is -2.03. The quantitative estimate of drug-likeness (QED) is 0.438. The van der Waals surface area contributed by atoms with E-state index in [1.807, 2.05) is 42.5 Å². The Morgan fingerprint density at radius 2 is 1.88 bits per heavy atom. The lowest BCUT2D eigenvalue weighted by molar-refractivity contribution is 0.112. The number of hydrogen-bond donors (Lipinski definition) is 0. The fourth-order valence-electron chi connectivity index (χ4n) is 2.02. The molecule has 0 fully saturated rings. The molecule has 0 bridgehead atoms. The van der Waals surface area contributed by atoms with Crippen molar-refractivity contribution in [2.45, 2.75) is 0 Å². The van der Waals surface area contributed by atoms with Crippen LogP contribution in [0.25, 0.3) is 21.5 Å². The van der Waals surface area contributed by atoms with E-state index in [0.29, 0.717) is 0 Å². The van der Waals surface area contributed by atoms with Gasteiger partial charge in [-0.3, -0.25) is 4.79 Å². The van der Waals surface area contributed by atoms with E-state index in [0.717, 1.165) is 33.4 Å². The molecule has 1 nitrogen and oxygen atoms in total. The second-order valence-electron chi connectivity index (χ2n) is 3.80. The van der Waals surface area contributed by atoms with E-state index in [9.17, 15) is 4.79 Å². The Morgan fingerprint density at radius 1 is 1.00 bits per heavy atom. The molecule has 0 spiro atoms. The van der Waals surface area contributed by atoms with Crippen molar-refractivity contribution in [3.8, 4) is 0 Å². The Hall–Kier alpha value is -2.15. The molecular formula is C15H9O. The first-order chi connectivity index (χ1) is 7.88. The first-order valence-corrected chi connectivity index (χ1v) is 5.17. The van der Waals surface area contributed by atoms with E-state index < -0.39 is 0 Å². The normalized spacial score (nSPS) is 10.8. The summed E-state index contributed by atoms with van der Waals surface area (Å²) in [5.41, 5.74) is 0.739. The van der Waals surface area contributed by atoms with Gasteiger partial charge in [-0.05, 0) is 39.7 Å². The van der Waals surface area contributed by atoms with E-state index in [1.54, 1.807) is 0 Å². The van der Waals surface area contributed by atoms with Crippen LogP contribution in [-0.4, -0.2) is 6.29 Å². The first kappa shape index (κ1) is 9.10. The van der Waals surface area contributed by atoms with E-state index in [1.165, 1.54) is 0 Å². The Bertz CT molecular complexity index is 683. The van der Waals surface area contributed by atoms with Crippen molar-refractivity contribution >= 4 is 27.8 Å². The molecule has 0 N–H and O–H groups in total. The van der Waals surface area contributed by atoms with Gasteiger partial charge in [-0.1, -0.05) is 36.4 Å². The van der Waals surface area contributed by atoms with Gasteiger partial charge in [-0.25, -0.2) is 0 Å². The summed E-state index contributed by atoms with van der Waals surface area (Å²) in [6, 6.07) is 19.0. The summed E-state index contributed by atoms with van der Waals surface area (Å²) in [7, 11) is 0. The molecule has 1 heteroatoms. The number of carbonyl (C=O) groups is 1. The second-order valence-corrected chi connectivity index (χ2v) is 3.80. The zero-order valence-electron chi connectivity index (χ0n) is 8.60. The average Bonchev–Trinajstić information content (AvgIpc) is 2.35. The first-order valence-electron chi connectivity index (χ1n) is 5.17. The maximum absolute atomic E-state index is 10.9. The second kappa shape index (κ2) is 3.46. The summed E-state index contributed by atoms with van der Waals surface area (Å²) in [4.78, 5) is 10.9. The van der Waals surface area contributed by atoms with Crippen LogP contribution in [0.3, 0.4) is 0 Å². The van der Waals surface area contributed by atoms with Crippen LogP contribution in [0, 0.1) is 6.07 Å². The smallest absolute Gasteiger partial charge is 0.150 e. The molecule has 0 heterocycles. The van der Waals surface area contributed by atoms with E-state index in [-0.39, 0.29) is 0 Å². The molecule has 0 unspecified atom stereocenters. The lowest BCUT2D eigenvalue weighted by Crippen LogP contribution is -1.83. The van der Waals surface area contributed by atoms with Gasteiger partial charge in [0.25, 0.3) is 0 Å². The van der Waals surface area contributed by atoms with Crippen molar-refractivity contribution in [2.75, 3.05) is 0 Å². The highest BCUT2D eigenvalue weighted by atomic mass is 16.1. The molecule has 0 atom stereocenters. The highest BCUT2D eigenvalue weighted by Crippen LogP contribution is 2.24. The molecule has 3 aromatic rings. The zero-order chi connectivity index (χ0) is 11.0. The molecule has 0 aromatic heterocycles. The van der Waals surface area contributed by atoms with E-state index >= 15 is 0 Å². The minimum atomic E-state index is 0.739. The Kier molecular flexibility index (Phi) is 1.97. The van der Waals surface area contributed by atoms with Gasteiger partial charge in [0.15, 0.2) is 6.29 Å². The number of carbonyl (C=O) groups excluding carboxylic acids is 1. The number of aldehydes is 1. The van der Waals surface area contributed by atoms with Gasteiger partial charge in [-0.15, -0.1) is 0 Å². The maximum Gasteiger partial charge on any atom is 0.150 e. The molecule has 0 aliphatic heterocycles.